The van der Waals surface area contributed by atoms with E-state index in [0.29, 0.717) is 41.9 Å². The maximum absolute atomic E-state index is 13.0. The summed E-state index contributed by atoms with van der Waals surface area (Å²) in [4.78, 5) is 13.0. The fourth-order valence-electron chi connectivity index (χ4n) is 4.39. The Morgan fingerprint density at radius 3 is 2.42 bits per heavy atom. The number of aromatic nitrogens is 2. The summed E-state index contributed by atoms with van der Waals surface area (Å²) in [6.07, 6.45) is 7.06. The van der Waals surface area contributed by atoms with Gasteiger partial charge in [-0.15, -0.1) is 10.2 Å². The molecule has 1 N–H and O–H groups in total. The van der Waals surface area contributed by atoms with Gasteiger partial charge < -0.3 is 5.32 Å². The van der Waals surface area contributed by atoms with E-state index in [1.807, 2.05) is 19.9 Å². The number of nitrogens with one attached hydrogen (secondary N) is 1. The van der Waals surface area contributed by atoms with Crippen molar-refractivity contribution in [2.75, 3.05) is 18.4 Å². The number of anilines is 1. The van der Waals surface area contributed by atoms with Crippen LogP contribution >= 0.6 is 11.3 Å². The molecule has 1 aliphatic heterocycles. The normalized spacial score (nSPS) is 19.4. The number of nitrogens with zero attached hydrogens (tertiary/aromatic N) is 3. The molecule has 0 bridgehead atoms. The maximum Gasteiger partial charge on any atom is 0.243 e. The number of hydrogen-bond donors (Lipinski definition) is 1. The van der Waals surface area contributed by atoms with Gasteiger partial charge in [-0.2, -0.15) is 4.31 Å². The third-order valence-corrected chi connectivity index (χ3v) is 9.46. The third kappa shape index (κ3) is 4.99. The lowest BCUT2D eigenvalue weighted by Gasteiger charge is -2.30. The van der Waals surface area contributed by atoms with Gasteiger partial charge in [-0.05, 0) is 62.8 Å². The van der Waals surface area contributed by atoms with E-state index < -0.39 is 10.0 Å². The van der Waals surface area contributed by atoms with Crippen LogP contribution in [0.1, 0.15) is 67.0 Å². The molecule has 31 heavy (non-hydrogen) atoms. The number of carbonyl (C=O) groups excluding carboxylic acids is 1. The molecule has 2 aliphatic rings. The molecule has 2 heterocycles. The number of aryl methyl sites for hydroxylation is 2. The third-order valence-electron chi connectivity index (χ3n) is 6.57. The lowest BCUT2D eigenvalue weighted by atomic mass is 9.90. The van der Waals surface area contributed by atoms with Crippen LogP contribution in [0.15, 0.2) is 23.1 Å². The molecular formula is C22H30N4O3S2. The zero-order valence-electron chi connectivity index (χ0n) is 18.1. The summed E-state index contributed by atoms with van der Waals surface area (Å²) in [5.74, 6) is 0.165. The molecule has 168 valence electrons. The summed E-state index contributed by atoms with van der Waals surface area (Å²) < 4.78 is 27.5. The number of amides is 1. The van der Waals surface area contributed by atoms with Crippen LogP contribution in [0.4, 0.5) is 5.13 Å². The Labute approximate surface area is 188 Å². The van der Waals surface area contributed by atoms with Crippen molar-refractivity contribution >= 4 is 32.4 Å². The van der Waals surface area contributed by atoms with Gasteiger partial charge >= 0.3 is 0 Å². The highest BCUT2D eigenvalue weighted by atomic mass is 32.2. The Bertz CT molecular complexity index is 1040. The van der Waals surface area contributed by atoms with Gasteiger partial charge in [0.15, 0.2) is 0 Å². The number of benzene rings is 1. The van der Waals surface area contributed by atoms with Crippen molar-refractivity contribution in [2.45, 2.75) is 69.6 Å². The Morgan fingerprint density at radius 2 is 1.74 bits per heavy atom. The minimum absolute atomic E-state index is 0.0884. The number of sulfonamides is 1. The summed E-state index contributed by atoms with van der Waals surface area (Å²) in [6, 6.07) is 5.23. The van der Waals surface area contributed by atoms with Gasteiger partial charge in [-0.1, -0.05) is 36.7 Å². The monoisotopic (exact) mass is 462 g/mol. The molecule has 1 amide bonds. The lowest BCUT2D eigenvalue weighted by molar-refractivity contribution is -0.120. The van der Waals surface area contributed by atoms with Crippen LogP contribution in [-0.4, -0.2) is 41.9 Å². The van der Waals surface area contributed by atoms with E-state index in [1.54, 1.807) is 12.1 Å². The van der Waals surface area contributed by atoms with E-state index in [4.69, 9.17) is 0 Å². The van der Waals surface area contributed by atoms with E-state index in [2.05, 4.69) is 15.5 Å². The van der Waals surface area contributed by atoms with Crippen LogP contribution in [0.25, 0.3) is 0 Å². The molecule has 0 atom stereocenters. The lowest BCUT2D eigenvalue weighted by Crippen LogP contribution is -2.41. The van der Waals surface area contributed by atoms with E-state index in [9.17, 15) is 13.2 Å². The zero-order valence-corrected chi connectivity index (χ0v) is 19.8. The van der Waals surface area contributed by atoms with Crippen molar-refractivity contribution in [1.82, 2.24) is 14.5 Å². The zero-order chi connectivity index (χ0) is 22.0. The van der Waals surface area contributed by atoms with Crippen LogP contribution in [0, 0.1) is 19.8 Å². The SMILES string of the molecule is Cc1ccc(S(=O)(=O)N2CCC(C(=O)Nc3nnc(C4CCCCC4)s3)CC2)cc1C. The number of carbonyl (C=O) groups is 1. The van der Waals surface area contributed by atoms with Gasteiger partial charge in [0.25, 0.3) is 0 Å². The molecule has 1 aromatic heterocycles. The van der Waals surface area contributed by atoms with Gasteiger partial charge in [-0.25, -0.2) is 8.42 Å². The van der Waals surface area contributed by atoms with Crippen molar-refractivity contribution in [3.63, 3.8) is 0 Å². The molecule has 1 aromatic carbocycles. The van der Waals surface area contributed by atoms with E-state index in [1.165, 1.54) is 34.9 Å². The summed E-state index contributed by atoms with van der Waals surface area (Å²) >= 11 is 1.48. The first-order valence-electron chi connectivity index (χ1n) is 11.1. The minimum atomic E-state index is -3.54. The first kappa shape index (κ1) is 22.4. The highest BCUT2D eigenvalue weighted by Crippen LogP contribution is 2.35. The second kappa shape index (κ2) is 9.34. The topological polar surface area (TPSA) is 92.3 Å². The van der Waals surface area contributed by atoms with E-state index in [0.717, 1.165) is 29.0 Å². The summed E-state index contributed by atoms with van der Waals surface area (Å²) in [5.41, 5.74) is 2.03. The molecule has 4 rings (SSSR count). The van der Waals surface area contributed by atoms with Gasteiger partial charge in [0.1, 0.15) is 5.01 Å². The first-order valence-corrected chi connectivity index (χ1v) is 13.3. The Balaban J connectivity index is 1.33. The largest absolute Gasteiger partial charge is 0.300 e. The molecule has 2 aromatic rings. The highest BCUT2D eigenvalue weighted by Gasteiger charge is 2.32. The molecule has 9 heteroatoms. The van der Waals surface area contributed by atoms with Gasteiger partial charge in [0.05, 0.1) is 4.90 Å². The average Bonchev–Trinajstić information content (AvgIpc) is 3.24. The average molecular weight is 463 g/mol. The molecule has 1 saturated carbocycles. The minimum Gasteiger partial charge on any atom is -0.300 e. The van der Waals surface area contributed by atoms with Crippen molar-refractivity contribution < 1.29 is 13.2 Å². The predicted molar refractivity (Wildman–Crippen MR) is 122 cm³/mol. The fraction of sp³-hybridized carbons (Fsp3) is 0.591. The van der Waals surface area contributed by atoms with Gasteiger partial charge in [-0.3, -0.25) is 4.79 Å². The van der Waals surface area contributed by atoms with Crippen molar-refractivity contribution in [3.8, 4) is 0 Å². The van der Waals surface area contributed by atoms with Crippen molar-refractivity contribution in [2.24, 2.45) is 5.92 Å². The molecular weight excluding hydrogens is 432 g/mol. The standard InChI is InChI=1S/C22H30N4O3S2/c1-15-8-9-19(14-16(15)2)31(28,29)26-12-10-17(11-13-26)20(27)23-22-25-24-21(30-22)18-6-4-3-5-7-18/h8-9,14,17-18H,3-7,10-13H2,1-2H3,(H,23,25,27). The molecule has 0 unspecified atom stereocenters. The molecule has 1 saturated heterocycles. The Morgan fingerprint density at radius 1 is 1.03 bits per heavy atom. The highest BCUT2D eigenvalue weighted by molar-refractivity contribution is 7.89. The van der Waals surface area contributed by atoms with Crippen LogP contribution < -0.4 is 5.32 Å². The number of piperidine rings is 1. The maximum atomic E-state index is 13.0. The van der Waals surface area contributed by atoms with Gasteiger partial charge in [0, 0.05) is 24.9 Å². The predicted octanol–water partition coefficient (Wildman–Crippen LogP) is 4.24. The second-order valence-electron chi connectivity index (χ2n) is 8.69. The van der Waals surface area contributed by atoms with Crippen LogP contribution in [-0.2, 0) is 14.8 Å². The molecule has 0 radical (unpaired) electrons. The quantitative estimate of drug-likeness (QED) is 0.717. The fourth-order valence-corrected chi connectivity index (χ4v) is 6.86. The molecule has 1 aliphatic carbocycles. The molecule has 0 spiro atoms. The first-order chi connectivity index (χ1) is 14.8. The van der Waals surface area contributed by atoms with Crippen LogP contribution in [0.5, 0.6) is 0 Å². The van der Waals surface area contributed by atoms with E-state index >= 15 is 0 Å². The van der Waals surface area contributed by atoms with E-state index in [-0.39, 0.29) is 11.8 Å². The number of rotatable bonds is 5. The van der Waals surface area contributed by atoms with Gasteiger partial charge in [0.2, 0.25) is 21.1 Å². The van der Waals surface area contributed by atoms with Crippen molar-refractivity contribution in [1.29, 1.82) is 0 Å². The Hall–Kier alpha value is -1.84. The summed E-state index contributed by atoms with van der Waals surface area (Å²) in [7, 11) is -3.54. The second-order valence-corrected chi connectivity index (χ2v) is 11.6. The Kier molecular flexibility index (Phi) is 6.74. The molecule has 7 nitrogen and oxygen atoms in total. The summed E-state index contributed by atoms with van der Waals surface area (Å²) in [5, 5.41) is 12.9. The summed E-state index contributed by atoms with van der Waals surface area (Å²) in [6.45, 7) is 4.57. The number of hydrogen-bond acceptors (Lipinski definition) is 6. The van der Waals surface area contributed by atoms with Crippen LogP contribution in [0.2, 0.25) is 0 Å². The molecule has 2 fully saturated rings. The smallest absolute Gasteiger partial charge is 0.243 e. The van der Waals surface area contributed by atoms with Crippen LogP contribution in [0.3, 0.4) is 0 Å². The van der Waals surface area contributed by atoms with Crippen molar-refractivity contribution in [3.05, 3.63) is 34.3 Å².